The number of ether oxygens (including phenoxy) is 1. The molecular formula is C26H18F5NO5. The van der Waals surface area contributed by atoms with Crippen molar-refractivity contribution in [1.29, 1.82) is 0 Å². The van der Waals surface area contributed by atoms with Crippen LogP contribution in [-0.4, -0.2) is 22.8 Å². The quantitative estimate of drug-likeness (QED) is 0.212. The Hall–Kier alpha value is -4.28. The summed E-state index contributed by atoms with van der Waals surface area (Å²) in [6, 6.07) is 7.80. The van der Waals surface area contributed by atoms with E-state index in [0.29, 0.717) is 24.5 Å². The first kappa shape index (κ1) is 25.8. The van der Waals surface area contributed by atoms with E-state index in [1.54, 1.807) is 0 Å². The van der Waals surface area contributed by atoms with Crippen molar-refractivity contribution in [2.45, 2.75) is 31.9 Å². The van der Waals surface area contributed by atoms with Crippen molar-refractivity contribution in [2.24, 2.45) is 0 Å². The number of benzene rings is 3. The zero-order valence-corrected chi connectivity index (χ0v) is 19.1. The summed E-state index contributed by atoms with van der Waals surface area (Å²) in [7, 11) is 0. The smallest absolute Gasteiger partial charge is 0.416 e. The number of nitrogens with one attached hydrogen (secondary N) is 1. The van der Waals surface area contributed by atoms with Gasteiger partial charge in [-0.1, -0.05) is 0 Å². The number of hydrogen-bond donors (Lipinski definition) is 2. The van der Waals surface area contributed by atoms with Crippen LogP contribution < -0.4 is 10.1 Å². The molecule has 6 nitrogen and oxygen atoms in total. The van der Waals surface area contributed by atoms with Gasteiger partial charge in [-0.25, -0.2) is 13.6 Å². The molecule has 0 spiro atoms. The Morgan fingerprint density at radius 1 is 0.946 bits per heavy atom. The van der Waals surface area contributed by atoms with Gasteiger partial charge in [0, 0.05) is 5.69 Å². The molecule has 1 saturated carbocycles. The van der Waals surface area contributed by atoms with Crippen LogP contribution in [0.4, 0.5) is 27.6 Å². The molecule has 0 atom stereocenters. The second-order valence-corrected chi connectivity index (χ2v) is 8.50. The van der Waals surface area contributed by atoms with E-state index in [-0.39, 0.29) is 28.7 Å². The van der Waals surface area contributed by atoms with Gasteiger partial charge in [0.05, 0.1) is 16.7 Å². The second kappa shape index (κ2) is 9.64. The number of aliphatic carboxylic acids is 1. The summed E-state index contributed by atoms with van der Waals surface area (Å²) in [6.07, 6.45) is -3.73. The molecule has 0 aromatic heterocycles. The molecule has 3 aromatic rings. The van der Waals surface area contributed by atoms with Crippen LogP contribution in [0.2, 0.25) is 0 Å². The van der Waals surface area contributed by atoms with Crippen molar-refractivity contribution in [2.75, 3.05) is 5.32 Å². The monoisotopic (exact) mass is 519 g/mol. The first-order valence-electron chi connectivity index (χ1n) is 10.9. The molecule has 0 radical (unpaired) electrons. The number of anilines is 1. The van der Waals surface area contributed by atoms with Gasteiger partial charge in [0.2, 0.25) is 0 Å². The number of carbonyl (C=O) groups excluding carboxylic acids is 2. The topological polar surface area (TPSA) is 92.7 Å². The highest BCUT2D eigenvalue weighted by Gasteiger charge is 2.40. The van der Waals surface area contributed by atoms with Gasteiger partial charge in [-0.2, -0.15) is 13.2 Å². The van der Waals surface area contributed by atoms with E-state index in [0.717, 1.165) is 36.4 Å². The first-order valence-corrected chi connectivity index (χ1v) is 10.9. The van der Waals surface area contributed by atoms with Crippen LogP contribution in [0.5, 0.6) is 11.5 Å². The number of ketones is 1. The maximum atomic E-state index is 14.0. The molecule has 192 valence electrons. The lowest BCUT2D eigenvalue weighted by molar-refractivity contribution is -0.138. The van der Waals surface area contributed by atoms with Crippen molar-refractivity contribution in [1.82, 2.24) is 0 Å². The Morgan fingerprint density at radius 2 is 1.65 bits per heavy atom. The predicted octanol–water partition coefficient (Wildman–Crippen LogP) is 6.48. The maximum absolute atomic E-state index is 14.0. The van der Waals surface area contributed by atoms with Gasteiger partial charge >= 0.3 is 12.1 Å². The Morgan fingerprint density at radius 3 is 2.24 bits per heavy atom. The van der Waals surface area contributed by atoms with Gasteiger partial charge < -0.3 is 15.2 Å². The van der Waals surface area contributed by atoms with E-state index in [1.807, 2.05) is 0 Å². The maximum Gasteiger partial charge on any atom is 0.416 e. The summed E-state index contributed by atoms with van der Waals surface area (Å²) in [5.41, 5.74) is -2.35. The molecule has 1 aliphatic rings. The molecule has 1 aliphatic carbocycles. The van der Waals surface area contributed by atoms with Crippen molar-refractivity contribution in [3.8, 4) is 11.5 Å². The molecule has 3 aromatic carbocycles. The van der Waals surface area contributed by atoms with Crippen molar-refractivity contribution in [3.63, 3.8) is 0 Å². The Labute approximate surface area is 206 Å². The molecule has 1 fully saturated rings. The van der Waals surface area contributed by atoms with Crippen LogP contribution in [0.25, 0.3) is 0 Å². The minimum Gasteiger partial charge on any atom is -0.475 e. The number of rotatable bonds is 7. The summed E-state index contributed by atoms with van der Waals surface area (Å²) >= 11 is 0. The number of hydrogen-bond acceptors (Lipinski definition) is 4. The fourth-order valence-electron chi connectivity index (χ4n) is 3.77. The Kier molecular flexibility index (Phi) is 6.72. The lowest BCUT2D eigenvalue weighted by Gasteiger charge is -2.19. The van der Waals surface area contributed by atoms with E-state index in [2.05, 4.69) is 5.32 Å². The summed E-state index contributed by atoms with van der Waals surface area (Å²) in [5.74, 6) is -6.81. The van der Waals surface area contributed by atoms with E-state index in [4.69, 9.17) is 9.84 Å². The van der Waals surface area contributed by atoms with Gasteiger partial charge in [-0.05, 0) is 85.3 Å². The SMILES string of the molecule is Cc1cc(F)ccc1Oc1cc(C2CC2)c(C(F)(F)F)cc1C(=O)Nc1ccc(F)c(C(=O)C(=O)O)c1. The molecule has 2 N–H and O–H groups in total. The van der Waals surface area contributed by atoms with Crippen molar-refractivity contribution in [3.05, 3.63) is 88.0 Å². The normalized spacial score (nSPS) is 13.2. The number of alkyl halides is 3. The van der Waals surface area contributed by atoms with E-state index >= 15 is 0 Å². The lowest BCUT2D eigenvalue weighted by Crippen LogP contribution is -2.18. The highest BCUT2D eigenvalue weighted by atomic mass is 19.4. The van der Waals surface area contributed by atoms with Gasteiger partial charge in [0.1, 0.15) is 23.1 Å². The average Bonchev–Trinajstić information content (AvgIpc) is 3.66. The number of aryl methyl sites for hydroxylation is 1. The van der Waals surface area contributed by atoms with Crippen LogP contribution >= 0.6 is 0 Å². The number of carbonyl (C=O) groups is 3. The number of halogens is 5. The third kappa shape index (κ3) is 5.60. The van der Waals surface area contributed by atoms with Crippen molar-refractivity contribution < 1.29 is 46.2 Å². The van der Waals surface area contributed by atoms with Gasteiger partial charge in [-0.15, -0.1) is 0 Å². The molecule has 37 heavy (non-hydrogen) atoms. The molecule has 0 aliphatic heterocycles. The van der Waals surface area contributed by atoms with Crippen LogP contribution in [-0.2, 0) is 11.0 Å². The van der Waals surface area contributed by atoms with E-state index < -0.39 is 52.2 Å². The standard InChI is InChI=1S/C26H18F5NO5/c1-12-8-14(27)4-7-21(12)37-22-11-16(13-2-3-13)19(26(29,30)31)10-18(22)24(34)32-15-5-6-20(28)17(9-15)23(33)25(35)36/h4-11,13H,2-3H2,1H3,(H,32,34)(H,35,36). The Bertz CT molecular complexity index is 1430. The van der Waals surface area contributed by atoms with Crippen LogP contribution in [0, 0.1) is 18.6 Å². The number of amides is 1. The molecule has 0 heterocycles. The average molecular weight is 519 g/mol. The fourth-order valence-corrected chi connectivity index (χ4v) is 3.77. The number of carboxylic acid groups (broad SMARTS) is 1. The first-order chi connectivity index (χ1) is 17.3. The van der Waals surface area contributed by atoms with Gasteiger partial charge in [-0.3, -0.25) is 9.59 Å². The van der Waals surface area contributed by atoms with Gasteiger partial charge in [0.25, 0.3) is 11.7 Å². The molecule has 1 amide bonds. The molecule has 4 rings (SSSR count). The van der Waals surface area contributed by atoms with Crippen LogP contribution in [0.3, 0.4) is 0 Å². The van der Waals surface area contributed by atoms with Gasteiger partial charge in [0.15, 0.2) is 0 Å². The summed E-state index contributed by atoms with van der Waals surface area (Å²) in [6.45, 7) is 1.52. The summed E-state index contributed by atoms with van der Waals surface area (Å²) in [5, 5.41) is 11.1. The minimum absolute atomic E-state index is 0.0464. The lowest BCUT2D eigenvalue weighted by atomic mass is 9.98. The third-order valence-electron chi connectivity index (χ3n) is 5.74. The highest BCUT2D eigenvalue weighted by Crippen LogP contribution is 2.48. The van der Waals surface area contributed by atoms with Crippen LogP contribution in [0.1, 0.15) is 56.2 Å². The van der Waals surface area contributed by atoms with Crippen molar-refractivity contribution >= 4 is 23.3 Å². The molecule has 11 heteroatoms. The minimum atomic E-state index is -4.78. The molecule has 0 unspecified atom stereocenters. The predicted molar refractivity (Wildman–Crippen MR) is 121 cm³/mol. The number of carboxylic acids is 1. The van der Waals surface area contributed by atoms with E-state index in [9.17, 15) is 36.3 Å². The zero-order chi connectivity index (χ0) is 27.1. The summed E-state index contributed by atoms with van der Waals surface area (Å²) in [4.78, 5) is 35.8. The van der Waals surface area contributed by atoms with Crippen LogP contribution in [0.15, 0.2) is 48.5 Å². The molecular weight excluding hydrogens is 501 g/mol. The Balaban J connectivity index is 1.78. The number of Topliss-reactive ketones (excluding diaryl/α,β-unsaturated/α-hetero) is 1. The largest absolute Gasteiger partial charge is 0.475 e. The second-order valence-electron chi connectivity index (χ2n) is 8.50. The molecule has 0 saturated heterocycles. The summed E-state index contributed by atoms with van der Waals surface area (Å²) < 4.78 is 74.9. The fraction of sp³-hybridized carbons (Fsp3) is 0.192. The zero-order valence-electron chi connectivity index (χ0n) is 19.1. The third-order valence-corrected chi connectivity index (χ3v) is 5.74. The highest BCUT2D eigenvalue weighted by molar-refractivity contribution is 6.40. The van der Waals surface area contributed by atoms with E-state index in [1.165, 1.54) is 13.0 Å². The molecule has 0 bridgehead atoms.